The number of carbonyl (C=O) groups excluding carboxylic acids is 1. The van der Waals surface area contributed by atoms with Gasteiger partial charge in [0.15, 0.2) is 0 Å². The van der Waals surface area contributed by atoms with Gasteiger partial charge in [-0.05, 0) is 69.5 Å². The summed E-state index contributed by atoms with van der Waals surface area (Å²) < 4.78 is 5.82. The average molecular weight is 543 g/mol. The fourth-order valence-electron chi connectivity index (χ4n) is 5.09. The number of allylic oxidation sites excluding steroid dienone is 6. The maximum Gasteiger partial charge on any atom is 0.303 e. The number of amidine groups is 1. The Hall–Kier alpha value is -4.38. The number of amides is 1. The number of aryl methyl sites for hydroxylation is 1. The first kappa shape index (κ1) is 30.2. The van der Waals surface area contributed by atoms with Crippen LogP contribution in [-0.2, 0) is 15.0 Å². The lowest BCUT2D eigenvalue weighted by molar-refractivity contribution is -0.137. The third kappa shape index (κ3) is 7.60. The molecular weight excluding hydrogens is 504 g/mol. The molecule has 0 bridgehead atoms. The number of hydrogen-bond donors (Lipinski definition) is 3. The third-order valence-electron chi connectivity index (χ3n) is 7.28. The normalized spacial score (nSPS) is 21.2. The van der Waals surface area contributed by atoms with Gasteiger partial charge in [0.1, 0.15) is 11.6 Å². The minimum atomic E-state index is -0.842. The summed E-state index contributed by atoms with van der Waals surface area (Å²) in [5.41, 5.74) is 4.27. The van der Waals surface area contributed by atoms with Gasteiger partial charge in [0, 0.05) is 48.1 Å². The Bertz CT molecular complexity index is 1330. The van der Waals surface area contributed by atoms with Crippen molar-refractivity contribution < 1.29 is 19.4 Å². The van der Waals surface area contributed by atoms with Gasteiger partial charge in [-0.25, -0.2) is 0 Å². The Morgan fingerprint density at radius 2 is 2.15 bits per heavy atom. The molecular formula is C32H38N4O4. The molecule has 1 heterocycles. The van der Waals surface area contributed by atoms with E-state index in [4.69, 9.17) is 9.84 Å². The molecule has 0 radical (unpaired) electrons. The number of hydrogen-bond acceptors (Lipinski definition) is 5. The van der Waals surface area contributed by atoms with Crippen molar-refractivity contribution in [2.75, 3.05) is 13.7 Å². The second-order valence-corrected chi connectivity index (χ2v) is 10.0. The Morgan fingerprint density at radius 3 is 2.83 bits per heavy atom. The first-order chi connectivity index (χ1) is 19.3. The van der Waals surface area contributed by atoms with E-state index in [-0.39, 0.29) is 23.7 Å². The molecule has 1 saturated carbocycles. The Morgan fingerprint density at radius 1 is 1.35 bits per heavy atom. The van der Waals surface area contributed by atoms with E-state index < -0.39 is 5.97 Å². The molecule has 4 rings (SSSR count). The van der Waals surface area contributed by atoms with Crippen LogP contribution in [0.1, 0.15) is 56.6 Å². The van der Waals surface area contributed by atoms with E-state index >= 15 is 0 Å². The molecule has 2 unspecified atom stereocenters. The van der Waals surface area contributed by atoms with Gasteiger partial charge in [0.05, 0.1) is 12.7 Å². The standard InChI is InChI=1S/C25H26N2O4.C7H12N2/c1-16-5-10-22-19(13-16)25(11-12-31-22)14-20(25)24(30)27-21-9-7-17(15-26)6-8-18(21)3-2-4-23(28)29;1-4-6-7(8-3)9-5-2/h5-6,8-10,13,20H,2-4,7,11-12,14H2,1H3,(H,27,30)(H,28,29);4-6H,2H2,1,3H3,(H,8,9)/b;6-4-. The van der Waals surface area contributed by atoms with Crippen LogP contribution in [0.4, 0.5) is 0 Å². The molecule has 3 N–H and O–H groups in total. The van der Waals surface area contributed by atoms with Crippen molar-refractivity contribution in [3.05, 3.63) is 89.3 Å². The number of benzene rings is 1. The lowest BCUT2D eigenvalue weighted by Crippen LogP contribution is -2.31. The molecule has 1 aromatic carbocycles. The number of fused-ring (bicyclic) bond motifs is 2. The van der Waals surface area contributed by atoms with Gasteiger partial charge in [-0.1, -0.05) is 42.5 Å². The van der Waals surface area contributed by atoms with E-state index in [2.05, 4.69) is 34.3 Å². The number of aliphatic carboxylic acids is 1. The van der Waals surface area contributed by atoms with Gasteiger partial charge >= 0.3 is 5.97 Å². The summed E-state index contributed by atoms with van der Waals surface area (Å²) in [7, 11) is 1.73. The molecule has 1 aromatic rings. The monoisotopic (exact) mass is 542 g/mol. The summed E-state index contributed by atoms with van der Waals surface area (Å²) in [5.74, 6) is 0.714. The summed E-state index contributed by atoms with van der Waals surface area (Å²) >= 11 is 0. The van der Waals surface area contributed by atoms with Crippen molar-refractivity contribution in [1.82, 2.24) is 10.6 Å². The lowest BCUT2D eigenvalue weighted by Gasteiger charge is -2.27. The fraction of sp³-hybridized carbons (Fsp3) is 0.375. The van der Waals surface area contributed by atoms with Gasteiger partial charge in [-0.2, -0.15) is 5.26 Å². The highest BCUT2D eigenvalue weighted by Crippen LogP contribution is 2.61. The number of rotatable bonds is 8. The van der Waals surface area contributed by atoms with E-state index in [9.17, 15) is 14.9 Å². The van der Waals surface area contributed by atoms with Crippen molar-refractivity contribution >= 4 is 17.7 Å². The minimum Gasteiger partial charge on any atom is -0.493 e. The summed E-state index contributed by atoms with van der Waals surface area (Å²) in [6, 6.07) is 8.31. The molecule has 1 spiro atoms. The molecule has 0 saturated heterocycles. The van der Waals surface area contributed by atoms with Crippen LogP contribution >= 0.6 is 0 Å². The van der Waals surface area contributed by atoms with Gasteiger partial charge in [-0.15, -0.1) is 0 Å². The van der Waals surface area contributed by atoms with Crippen LogP contribution < -0.4 is 15.4 Å². The van der Waals surface area contributed by atoms with Crippen LogP contribution in [0, 0.1) is 24.2 Å². The van der Waals surface area contributed by atoms with Crippen molar-refractivity contribution in [3.63, 3.8) is 0 Å². The maximum atomic E-state index is 13.2. The van der Waals surface area contributed by atoms with E-state index in [0.29, 0.717) is 37.1 Å². The summed E-state index contributed by atoms with van der Waals surface area (Å²) in [5, 5.41) is 24.1. The summed E-state index contributed by atoms with van der Waals surface area (Å²) in [6.07, 6.45) is 14.0. The smallest absolute Gasteiger partial charge is 0.303 e. The fourth-order valence-corrected chi connectivity index (χ4v) is 5.09. The van der Waals surface area contributed by atoms with Crippen molar-refractivity contribution in [3.8, 4) is 11.8 Å². The van der Waals surface area contributed by atoms with Gasteiger partial charge in [0.2, 0.25) is 5.91 Å². The van der Waals surface area contributed by atoms with Gasteiger partial charge in [0.25, 0.3) is 0 Å². The molecule has 1 aliphatic heterocycles. The quantitative estimate of drug-likeness (QED) is 0.299. The van der Waals surface area contributed by atoms with E-state index in [0.717, 1.165) is 41.1 Å². The average Bonchev–Trinajstić information content (AvgIpc) is 3.69. The van der Waals surface area contributed by atoms with Crippen LogP contribution in [-0.4, -0.2) is 36.5 Å². The minimum absolute atomic E-state index is 0.0230. The highest BCUT2D eigenvalue weighted by atomic mass is 16.5. The van der Waals surface area contributed by atoms with Crippen molar-refractivity contribution in [1.29, 1.82) is 5.26 Å². The van der Waals surface area contributed by atoms with E-state index in [1.165, 1.54) is 0 Å². The second kappa shape index (κ2) is 14.1. The molecule has 1 fully saturated rings. The van der Waals surface area contributed by atoms with Crippen LogP contribution in [0.15, 0.2) is 83.2 Å². The first-order valence-corrected chi connectivity index (χ1v) is 13.5. The predicted molar refractivity (Wildman–Crippen MR) is 157 cm³/mol. The van der Waals surface area contributed by atoms with Crippen LogP contribution in [0.2, 0.25) is 0 Å². The van der Waals surface area contributed by atoms with Gasteiger partial charge in [-0.3, -0.25) is 14.6 Å². The van der Waals surface area contributed by atoms with Crippen molar-refractivity contribution in [2.45, 2.75) is 57.8 Å². The largest absolute Gasteiger partial charge is 0.493 e. The highest BCUT2D eigenvalue weighted by molar-refractivity contribution is 5.93. The van der Waals surface area contributed by atoms with Crippen LogP contribution in [0.5, 0.6) is 5.75 Å². The zero-order chi connectivity index (χ0) is 29.1. The van der Waals surface area contributed by atoms with E-state index in [1.807, 2.05) is 50.3 Å². The van der Waals surface area contributed by atoms with Crippen LogP contribution in [0.25, 0.3) is 0 Å². The first-order valence-electron chi connectivity index (χ1n) is 13.5. The number of nitrogens with one attached hydrogen (secondary N) is 2. The Balaban J connectivity index is 0.000000424. The molecule has 1 amide bonds. The highest BCUT2D eigenvalue weighted by Gasteiger charge is 2.61. The number of nitriles is 1. The van der Waals surface area contributed by atoms with E-state index in [1.54, 1.807) is 19.3 Å². The number of aliphatic imine (C=N–C) groups is 1. The number of ether oxygens (including phenoxy) is 1. The van der Waals surface area contributed by atoms with Gasteiger partial charge < -0.3 is 20.5 Å². The molecule has 3 aliphatic rings. The molecule has 2 aliphatic carbocycles. The molecule has 0 aromatic heterocycles. The molecule has 8 heteroatoms. The lowest BCUT2D eigenvalue weighted by atomic mass is 9.86. The molecule has 40 heavy (non-hydrogen) atoms. The zero-order valence-electron chi connectivity index (χ0n) is 23.5. The number of carboxylic acid groups (broad SMARTS) is 1. The maximum absolute atomic E-state index is 13.2. The second-order valence-electron chi connectivity index (χ2n) is 10.0. The number of nitrogens with zero attached hydrogens (tertiary/aromatic N) is 2. The Labute approximate surface area is 236 Å². The summed E-state index contributed by atoms with van der Waals surface area (Å²) in [4.78, 5) is 28.0. The molecule has 2 atom stereocenters. The predicted octanol–water partition coefficient (Wildman–Crippen LogP) is 5.39. The molecule has 210 valence electrons. The topological polar surface area (TPSA) is 124 Å². The SMILES string of the molecule is C=CNC(/C=C\C)=NC.Cc1ccc2c(c1)C1(CCO2)CC1C(=O)NC1=CCC(C#N)=CC=C1CCCC(=O)O. The Kier molecular flexibility index (Phi) is 10.7. The van der Waals surface area contributed by atoms with Crippen LogP contribution in [0.3, 0.4) is 0 Å². The number of carbonyl (C=O) groups is 2. The summed E-state index contributed by atoms with van der Waals surface area (Å²) in [6.45, 7) is 8.10. The number of carboxylic acids is 1. The van der Waals surface area contributed by atoms with Crippen molar-refractivity contribution in [2.24, 2.45) is 10.9 Å². The molecule has 8 nitrogen and oxygen atoms in total. The third-order valence-corrected chi connectivity index (χ3v) is 7.28. The zero-order valence-corrected chi connectivity index (χ0v) is 23.5.